The molecule has 4 rings (SSSR count). The lowest BCUT2D eigenvalue weighted by Gasteiger charge is -2.16. The van der Waals surface area contributed by atoms with Crippen LogP contribution in [-0.4, -0.2) is 20.1 Å². The lowest BCUT2D eigenvalue weighted by molar-refractivity contribution is -0.124. The quantitative estimate of drug-likeness (QED) is 0.559. The van der Waals surface area contributed by atoms with E-state index in [1.54, 1.807) is 35.8 Å². The van der Waals surface area contributed by atoms with Gasteiger partial charge in [0.1, 0.15) is 17.4 Å². The number of aromatic nitrogens is 3. The maximum absolute atomic E-state index is 13.0. The van der Waals surface area contributed by atoms with Gasteiger partial charge in [-0.2, -0.15) is 5.10 Å². The summed E-state index contributed by atoms with van der Waals surface area (Å²) in [5.74, 6) is 0.368. The van der Waals surface area contributed by atoms with Crippen LogP contribution in [-0.2, 0) is 17.8 Å². The number of hydrogen-bond donors (Lipinski definition) is 1. The van der Waals surface area contributed by atoms with Gasteiger partial charge in [-0.25, -0.2) is 4.68 Å². The van der Waals surface area contributed by atoms with Crippen molar-refractivity contribution in [3.05, 3.63) is 69.4 Å². The number of halogens is 1. The second-order valence-corrected chi connectivity index (χ2v) is 6.95. The summed E-state index contributed by atoms with van der Waals surface area (Å²) in [6, 6.07) is 10.0. The molecule has 28 heavy (non-hydrogen) atoms. The van der Waals surface area contributed by atoms with E-state index in [0.29, 0.717) is 28.4 Å². The zero-order valence-corrected chi connectivity index (χ0v) is 16.2. The lowest BCUT2D eigenvalue weighted by atomic mass is 10.2. The summed E-state index contributed by atoms with van der Waals surface area (Å²) in [4.78, 5) is 25.6. The van der Waals surface area contributed by atoms with Crippen molar-refractivity contribution in [3.63, 3.8) is 0 Å². The number of furan rings is 1. The van der Waals surface area contributed by atoms with E-state index in [2.05, 4.69) is 10.4 Å². The highest BCUT2D eigenvalue weighted by molar-refractivity contribution is 6.31. The van der Waals surface area contributed by atoms with Crippen molar-refractivity contribution in [2.24, 2.45) is 0 Å². The minimum atomic E-state index is -0.772. The van der Waals surface area contributed by atoms with Crippen LogP contribution in [0, 0.1) is 0 Å². The first kappa shape index (κ1) is 18.3. The summed E-state index contributed by atoms with van der Waals surface area (Å²) >= 11 is 6.13. The molecule has 7 nitrogen and oxygen atoms in total. The molecule has 1 amide bonds. The van der Waals surface area contributed by atoms with E-state index in [4.69, 9.17) is 16.0 Å². The van der Waals surface area contributed by atoms with Gasteiger partial charge in [0.15, 0.2) is 5.58 Å². The van der Waals surface area contributed by atoms with Gasteiger partial charge in [0.05, 0.1) is 11.8 Å². The lowest BCUT2D eigenvalue weighted by Crippen LogP contribution is -2.38. The van der Waals surface area contributed by atoms with Crippen LogP contribution in [0.4, 0.5) is 0 Å². The van der Waals surface area contributed by atoms with Gasteiger partial charge in [-0.05, 0) is 18.6 Å². The van der Waals surface area contributed by atoms with Crippen LogP contribution in [0.2, 0.25) is 5.02 Å². The van der Waals surface area contributed by atoms with Crippen LogP contribution in [0.1, 0.15) is 31.3 Å². The minimum Gasteiger partial charge on any atom is -0.463 e. The summed E-state index contributed by atoms with van der Waals surface area (Å²) < 4.78 is 8.43. The third kappa shape index (κ3) is 2.97. The van der Waals surface area contributed by atoms with Gasteiger partial charge in [-0.3, -0.25) is 14.0 Å². The number of carbonyl (C=O) groups is 1. The molecule has 3 aromatic heterocycles. The van der Waals surface area contributed by atoms with E-state index < -0.39 is 6.04 Å². The fourth-order valence-electron chi connectivity index (χ4n) is 3.27. The number of fused-ring (bicyclic) bond motifs is 3. The summed E-state index contributed by atoms with van der Waals surface area (Å²) in [5.41, 5.74) is 2.30. The zero-order chi connectivity index (χ0) is 19.8. The third-order valence-electron chi connectivity index (χ3n) is 4.80. The SMILES string of the molecule is CCc1nn([C@@H](C)C(=O)NCc2ccccc2Cl)c(=O)c2cc3occc3n12. The summed E-state index contributed by atoms with van der Waals surface area (Å²) in [7, 11) is 0. The fraction of sp³-hybridized carbons (Fsp3) is 0.250. The highest BCUT2D eigenvalue weighted by Crippen LogP contribution is 2.21. The first-order chi connectivity index (χ1) is 13.5. The third-order valence-corrected chi connectivity index (χ3v) is 5.17. The maximum atomic E-state index is 13.0. The molecule has 4 aromatic rings. The van der Waals surface area contributed by atoms with Crippen LogP contribution in [0.15, 0.2) is 51.9 Å². The molecule has 0 saturated heterocycles. The molecular formula is C20H19ClN4O3. The van der Waals surface area contributed by atoms with Crippen molar-refractivity contribution in [2.75, 3.05) is 0 Å². The van der Waals surface area contributed by atoms with Crippen molar-refractivity contribution >= 4 is 34.1 Å². The second kappa shape index (κ2) is 7.16. The molecular weight excluding hydrogens is 380 g/mol. The number of nitrogens with one attached hydrogen (secondary N) is 1. The van der Waals surface area contributed by atoms with Crippen LogP contribution in [0.5, 0.6) is 0 Å². The van der Waals surface area contributed by atoms with Crippen LogP contribution in [0.25, 0.3) is 16.6 Å². The molecule has 0 unspecified atom stereocenters. The molecule has 0 saturated carbocycles. The van der Waals surface area contributed by atoms with Crippen molar-refractivity contribution in [1.82, 2.24) is 19.5 Å². The van der Waals surface area contributed by atoms with Gasteiger partial charge in [-0.15, -0.1) is 0 Å². The smallest absolute Gasteiger partial charge is 0.291 e. The number of rotatable bonds is 5. The number of nitrogens with zero attached hydrogens (tertiary/aromatic N) is 3. The van der Waals surface area contributed by atoms with Crippen molar-refractivity contribution < 1.29 is 9.21 Å². The average molecular weight is 399 g/mol. The normalized spacial score (nSPS) is 12.5. The van der Waals surface area contributed by atoms with Gasteiger partial charge in [0.2, 0.25) is 5.91 Å². The standard InChI is InChI=1S/C20H19ClN4O3/c1-3-18-23-25(20(27)16-10-17-15(24(16)18)8-9-28-17)12(2)19(26)22-11-13-6-4-5-7-14(13)21/h4-10,12H,3,11H2,1-2H3,(H,22,26)/t12-/m0/s1. The van der Waals surface area contributed by atoms with Gasteiger partial charge in [-0.1, -0.05) is 36.7 Å². The van der Waals surface area contributed by atoms with Gasteiger partial charge in [0.25, 0.3) is 5.56 Å². The van der Waals surface area contributed by atoms with E-state index >= 15 is 0 Å². The van der Waals surface area contributed by atoms with E-state index in [1.807, 2.05) is 25.1 Å². The molecule has 8 heteroatoms. The topological polar surface area (TPSA) is 81.5 Å². The van der Waals surface area contributed by atoms with Crippen LogP contribution >= 0.6 is 11.6 Å². The molecule has 1 atom stereocenters. The minimum absolute atomic E-state index is 0.276. The van der Waals surface area contributed by atoms with Crippen molar-refractivity contribution in [1.29, 1.82) is 0 Å². The Balaban J connectivity index is 1.67. The summed E-state index contributed by atoms with van der Waals surface area (Å²) in [6.45, 7) is 3.88. The Morgan fingerprint density at radius 1 is 1.29 bits per heavy atom. The maximum Gasteiger partial charge on any atom is 0.291 e. The number of hydrogen-bond acceptors (Lipinski definition) is 4. The fourth-order valence-corrected chi connectivity index (χ4v) is 3.47. The predicted molar refractivity (Wildman–Crippen MR) is 107 cm³/mol. The molecule has 0 aliphatic rings. The van der Waals surface area contributed by atoms with Crippen LogP contribution < -0.4 is 10.9 Å². The Labute approximate surface area is 165 Å². The molecule has 1 aromatic carbocycles. The molecule has 3 heterocycles. The largest absolute Gasteiger partial charge is 0.463 e. The molecule has 0 aliphatic carbocycles. The predicted octanol–water partition coefficient (Wildman–Crippen LogP) is 3.34. The summed E-state index contributed by atoms with van der Waals surface area (Å²) in [5, 5.41) is 7.86. The Hall–Kier alpha value is -3.06. The Bertz CT molecular complexity index is 1240. The summed E-state index contributed by atoms with van der Waals surface area (Å²) in [6.07, 6.45) is 2.17. The van der Waals surface area contributed by atoms with E-state index in [-0.39, 0.29) is 18.0 Å². The molecule has 0 radical (unpaired) electrons. The Morgan fingerprint density at radius 2 is 2.07 bits per heavy atom. The van der Waals surface area contributed by atoms with E-state index in [0.717, 1.165) is 11.1 Å². The van der Waals surface area contributed by atoms with E-state index in [9.17, 15) is 9.59 Å². The van der Waals surface area contributed by atoms with E-state index in [1.165, 1.54) is 4.68 Å². The van der Waals surface area contributed by atoms with Gasteiger partial charge >= 0.3 is 0 Å². The first-order valence-corrected chi connectivity index (χ1v) is 9.40. The van der Waals surface area contributed by atoms with Crippen LogP contribution in [0.3, 0.4) is 0 Å². The molecule has 1 N–H and O–H groups in total. The average Bonchev–Trinajstić information content (AvgIpc) is 3.29. The molecule has 0 bridgehead atoms. The number of amides is 1. The molecule has 144 valence electrons. The Kier molecular flexibility index (Phi) is 4.68. The highest BCUT2D eigenvalue weighted by Gasteiger charge is 2.22. The van der Waals surface area contributed by atoms with Gasteiger partial charge < -0.3 is 9.73 Å². The first-order valence-electron chi connectivity index (χ1n) is 9.02. The number of benzene rings is 1. The van der Waals surface area contributed by atoms with Gasteiger partial charge in [0, 0.05) is 30.1 Å². The molecule has 0 spiro atoms. The molecule has 0 aliphatic heterocycles. The Morgan fingerprint density at radius 3 is 2.82 bits per heavy atom. The van der Waals surface area contributed by atoms with Crippen molar-refractivity contribution in [3.8, 4) is 0 Å². The number of aryl methyl sites for hydroxylation is 1. The zero-order valence-electron chi connectivity index (χ0n) is 15.5. The second-order valence-electron chi connectivity index (χ2n) is 6.54. The number of carbonyl (C=O) groups excluding carboxylic acids is 1. The van der Waals surface area contributed by atoms with Crippen molar-refractivity contribution in [2.45, 2.75) is 32.9 Å². The molecule has 0 fully saturated rings. The highest BCUT2D eigenvalue weighted by atomic mass is 35.5. The monoisotopic (exact) mass is 398 g/mol.